The lowest BCUT2D eigenvalue weighted by molar-refractivity contribution is 0.0749. The summed E-state index contributed by atoms with van der Waals surface area (Å²) >= 11 is 0. The number of unbranched alkanes of at least 4 members (excludes halogenated alkanes) is 6. The van der Waals surface area contributed by atoms with Gasteiger partial charge in [-0.3, -0.25) is 4.79 Å². The van der Waals surface area contributed by atoms with Gasteiger partial charge in [0, 0.05) is 18.7 Å². The average Bonchev–Trinajstić information content (AvgIpc) is 2.53. The van der Waals surface area contributed by atoms with Gasteiger partial charge in [0.05, 0.1) is 0 Å². The summed E-state index contributed by atoms with van der Waals surface area (Å²) in [5.41, 5.74) is 0.670. The van der Waals surface area contributed by atoms with Gasteiger partial charge in [-0.15, -0.1) is 0 Å². The van der Waals surface area contributed by atoms with E-state index in [0.717, 1.165) is 25.9 Å². The second-order valence-electron chi connectivity index (χ2n) is 5.96. The zero-order valence-corrected chi connectivity index (χ0v) is 14.2. The lowest BCUT2D eigenvalue weighted by Gasteiger charge is -2.23. The fourth-order valence-corrected chi connectivity index (χ4v) is 2.56. The molecule has 0 aliphatic heterocycles. The number of amides is 1. The first-order chi connectivity index (χ1) is 10.7. The predicted molar refractivity (Wildman–Crippen MR) is 92.3 cm³/mol. The lowest BCUT2D eigenvalue weighted by atomic mass is 10.1. The quantitative estimate of drug-likeness (QED) is 0.585. The van der Waals surface area contributed by atoms with Crippen LogP contribution in [0.2, 0.25) is 0 Å². The Labute approximate surface area is 135 Å². The first-order valence-electron chi connectivity index (χ1n) is 8.77. The molecule has 1 amide bonds. The van der Waals surface area contributed by atoms with Crippen molar-refractivity contribution in [1.82, 2.24) is 4.90 Å². The SMILES string of the molecule is CCCCCCN(CCCCCC)C(=O)c1ccc(O)cc1. The van der Waals surface area contributed by atoms with Gasteiger partial charge in [0.1, 0.15) is 5.75 Å². The highest BCUT2D eigenvalue weighted by molar-refractivity contribution is 5.94. The summed E-state index contributed by atoms with van der Waals surface area (Å²) in [4.78, 5) is 14.6. The van der Waals surface area contributed by atoms with E-state index in [0.29, 0.717) is 5.56 Å². The molecule has 0 bridgehead atoms. The van der Waals surface area contributed by atoms with E-state index in [1.807, 2.05) is 4.90 Å². The molecule has 0 aromatic heterocycles. The Balaban J connectivity index is 2.57. The van der Waals surface area contributed by atoms with E-state index in [1.165, 1.54) is 38.5 Å². The van der Waals surface area contributed by atoms with Crippen LogP contribution in [0.15, 0.2) is 24.3 Å². The Morgan fingerprint density at radius 3 is 1.82 bits per heavy atom. The van der Waals surface area contributed by atoms with Crippen LogP contribution in [0.4, 0.5) is 0 Å². The largest absolute Gasteiger partial charge is 0.508 e. The number of carbonyl (C=O) groups excluding carboxylic acids is 1. The molecule has 0 aliphatic rings. The van der Waals surface area contributed by atoms with Gasteiger partial charge in [-0.2, -0.15) is 0 Å². The summed E-state index contributed by atoms with van der Waals surface area (Å²) in [5.74, 6) is 0.294. The minimum Gasteiger partial charge on any atom is -0.508 e. The summed E-state index contributed by atoms with van der Waals surface area (Å²) in [6.45, 7) is 6.08. The fourth-order valence-electron chi connectivity index (χ4n) is 2.56. The molecule has 1 rings (SSSR count). The Morgan fingerprint density at radius 1 is 0.864 bits per heavy atom. The van der Waals surface area contributed by atoms with Crippen molar-refractivity contribution in [3.05, 3.63) is 29.8 Å². The summed E-state index contributed by atoms with van der Waals surface area (Å²) < 4.78 is 0. The molecule has 0 saturated heterocycles. The minimum absolute atomic E-state index is 0.0907. The van der Waals surface area contributed by atoms with Crippen molar-refractivity contribution in [1.29, 1.82) is 0 Å². The molecule has 3 heteroatoms. The molecule has 0 unspecified atom stereocenters. The molecule has 124 valence electrons. The van der Waals surface area contributed by atoms with Crippen LogP contribution < -0.4 is 0 Å². The summed E-state index contributed by atoms with van der Waals surface area (Å²) in [6, 6.07) is 6.59. The topological polar surface area (TPSA) is 40.5 Å². The van der Waals surface area contributed by atoms with Crippen molar-refractivity contribution < 1.29 is 9.90 Å². The van der Waals surface area contributed by atoms with E-state index >= 15 is 0 Å². The van der Waals surface area contributed by atoms with E-state index in [4.69, 9.17) is 0 Å². The molecule has 0 saturated carbocycles. The van der Waals surface area contributed by atoms with Crippen molar-refractivity contribution in [2.45, 2.75) is 65.2 Å². The second kappa shape index (κ2) is 11.1. The molecular weight excluding hydrogens is 274 g/mol. The standard InChI is InChI=1S/C19H31NO2/c1-3-5-7-9-15-20(16-10-8-6-4-2)19(22)17-11-13-18(21)14-12-17/h11-14,21H,3-10,15-16H2,1-2H3. The molecule has 3 nitrogen and oxygen atoms in total. The molecule has 0 atom stereocenters. The van der Waals surface area contributed by atoms with Crippen LogP contribution in [-0.4, -0.2) is 29.0 Å². The first-order valence-corrected chi connectivity index (χ1v) is 8.77. The predicted octanol–water partition coefficient (Wildman–Crippen LogP) is 5.00. The van der Waals surface area contributed by atoms with Crippen molar-refractivity contribution >= 4 is 5.91 Å². The molecule has 1 aromatic carbocycles. The number of carbonyl (C=O) groups is 1. The Bertz CT molecular complexity index is 402. The van der Waals surface area contributed by atoms with Crippen LogP contribution in [0, 0.1) is 0 Å². The van der Waals surface area contributed by atoms with Crippen LogP contribution in [-0.2, 0) is 0 Å². The molecule has 1 aromatic rings. The number of benzene rings is 1. The van der Waals surface area contributed by atoms with Gasteiger partial charge in [0.25, 0.3) is 5.91 Å². The minimum atomic E-state index is 0.0907. The highest BCUT2D eigenvalue weighted by Crippen LogP contribution is 2.14. The van der Waals surface area contributed by atoms with Crippen LogP contribution in [0.25, 0.3) is 0 Å². The lowest BCUT2D eigenvalue weighted by Crippen LogP contribution is -2.33. The molecular formula is C19H31NO2. The van der Waals surface area contributed by atoms with Crippen LogP contribution >= 0.6 is 0 Å². The number of rotatable bonds is 11. The maximum atomic E-state index is 12.6. The van der Waals surface area contributed by atoms with Gasteiger partial charge in [-0.25, -0.2) is 0 Å². The van der Waals surface area contributed by atoms with Crippen LogP contribution in [0.3, 0.4) is 0 Å². The zero-order chi connectivity index (χ0) is 16.2. The summed E-state index contributed by atoms with van der Waals surface area (Å²) in [5, 5.41) is 9.35. The van der Waals surface area contributed by atoms with E-state index in [-0.39, 0.29) is 11.7 Å². The smallest absolute Gasteiger partial charge is 0.253 e. The first kappa shape index (κ1) is 18.5. The maximum absolute atomic E-state index is 12.6. The number of hydrogen-bond acceptors (Lipinski definition) is 2. The Kier molecular flexibility index (Phi) is 9.36. The molecule has 0 fully saturated rings. The monoisotopic (exact) mass is 305 g/mol. The number of aromatic hydroxyl groups is 1. The fraction of sp³-hybridized carbons (Fsp3) is 0.632. The maximum Gasteiger partial charge on any atom is 0.253 e. The number of nitrogens with zero attached hydrogens (tertiary/aromatic N) is 1. The van der Waals surface area contributed by atoms with Gasteiger partial charge < -0.3 is 10.0 Å². The van der Waals surface area contributed by atoms with E-state index in [9.17, 15) is 9.90 Å². The zero-order valence-electron chi connectivity index (χ0n) is 14.2. The average molecular weight is 305 g/mol. The van der Waals surface area contributed by atoms with E-state index in [2.05, 4.69) is 13.8 Å². The molecule has 0 radical (unpaired) electrons. The van der Waals surface area contributed by atoms with Gasteiger partial charge in [-0.05, 0) is 37.1 Å². The number of phenols is 1. The third-order valence-electron chi connectivity index (χ3n) is 3.96. The van der Waals surface area contributed by atoms with Gasteiger partial charge in [0.2, 0.25) is 0 Å². The molecule has 1 N–H and O–H groups in total. The van der Waals surface area contributed by atoms with E-state index < -0.39 is 0 Å². The Morgan fingerprint density at radius 2 is 1.36 bits per heavy atom. The van der Waals surface area contributed by atoms with E-state index in [1.54, 1.807) is 24.3 Å². The molecule has 0 spiro atoms. The van der Waals surface area contributed by atoms with Crippen molar-refractivity contribution in [3.8, 4) is 5.75 Å². The van der Waals surface area contributed by atoms with Gasteiger partial charge in [-0.1, -0.05) is 52.4 Å². The van der Waals surface area contributed by atoms with Crippen LogP contribution in [0.5, 0.6) is 5.75 Å². The molecule has 22 heavy (non-hydrogen) atoms. The molecule has 0 aliphatic carbocycles. The van der Waals surface area contributed by atoms with Crippen molar-refractivity contribution in [2.75, 3.05) is 13.1 Å². The highest BCUT2D eigenvalue weighted by Gasteiger charge is 2.15. The second-order valence-corrected chi connectivity index (χ2v) is 5.96. The third-order valence-corrected chi connectivity index (χ3v) is 3.96. The van der Waals surface area contributed by atoms with Crippen LogP contribution in [0.1, 0.15) is 75.6 Å². The number of phenolic OH excluding ortho intramolecular Hbond substituents is 1. The van der Waals surface area contributed by atoms with Gasteiger partial charge >= 0.3 is 0 Å². The summed E-state index contributed by atoms with van der Waals surface area (Å²) in [6.07, 6.45) is 9.41. The molecule has 0 heterocycles. The number of hydrogen-bond donors (Lipinski definition) is 1. The van der Waals surface area contributed by atoms with Crippen molar-refractivity contribution in [3.63, 3.8) is 0 Å². The van der Waals surface area contributed by atoms with Gasteiger partial charge in [0.15, 0.2) is 0 Å². The normalized spacial score (nSPS) is 10.6. The Hall–Kier alpha value is -1.51. The van der Waals surface area contributed by atoms with Crippen molar-refractivity contribution in [2.24, 2.45) is 0 Å². The summed E-state index contributed by atoms with van der Waals surface area (Å²) in [7, 11) is 0. The highest BCUT2D eigenvalue weighted by atomic mass is 16.3. The third kappa shape index (κ3) is 6.97.